The number of pyridine rings is 1. The molecule has 0 unspecified atom stereocenters. The number of piperidine rings is 1. The van der Waals surface area contributed by atoms with E-state index in [9.17, 15) is 9.59 Å². The molecule has 0 spiro atoms. The Labute approximate surface area is 151 Å². The topological polar surface area (TPSA) is 74.9 Å². The molecule has 2 aliphatic rings. The molecule has 7 nitrogen and oxygen atoms in total. The van der Waals surface area contributed by atoms with E-state index >= 15 is 0 Å². The smallest absolute Gasteiger partial charge is 0.252 e. The van der Waals surface area contributed by atoms with Gasteiger partial charge in [0.1, 0.15) is 0 Å². The minimum Gasteiger partial charge on any atom is -0.454 e. The molecule has 1 saturated heterocycles. The van der Waals surface area contributed by atoms with Crippen LogP contribution >= 0.6 is 0 Å². The molecule has 138 valence electrons. The van der Waals surface area contributed by atoms with Crippen molar-refractivity contribution in [1.29, 1.82) is 0 Å². The highest BCUT2D eigenvalue weighted by Crippen LogP contribution is 2.35. The van der Waals surface area contributed by atoms with Crippen molar-refractivity contribution in [2.24, 2.45) is 0 Å². The highest BCUT2D eigenvalue weighted by atomic mass is 16.7. The number of likely N-dealkylation sites (N-methyl/N-ethyl adjacent to an activating group) is 1. The molecule has 3 heterocycles. The number of rotatable bonds is 5. The van der Waals surface area contributed by atoms with E-state index in [1.165, 1.54) is 0 Å². The van der Waals surface area contributed by atoms with Crippen LogP contribution in [0.1, 0.15) is 24.8 Å². The van der Waals surface area contributed by atoms with Gasteiger partial charge in [-0.3, -0.25) is 9.59 Å². The molecule has 1 amide bonds. The number of ether oxygens (including phenoxy) is 2. The molecule has 4 rings (SSSR count). The summed E-state index contributed by atoms with van der Waals surface area (Å²) >= 11 is 0. The van der Waals surface area contributed by atoms with E-state index in [1.807, 2.05) is 24.1 Å². The maximum atomic E-state index is 12.4. The third-order valence-corrected chi connectivity index (χ3v) is 5.03. The lowest BCUT2D eigenvalue weighted by Gasteiger charge is -2.28. The zero-order valence-corrected chi connectivity index (χ0v) is 14.9. The summed E-state index contributed by atoms with van der Waals surface area (Å²) in [6.07, 6.45) is 2.73. The average Bonchev–Trinajstić information content (AvgIpc) is 3.07. The van der Waals surface area contributed by atoms with Crippen LogP contribution in [0.25, 0.3) is 10.9 Å². The molecule has 0 atom stereocenters. The van der Waals surface area contributed by atoms with E-state index in [-0.39, 0.29) is 18.3 Å². The Balaban J connectivity index is 1.46. The number of carbonyl (C=O) groups excluding carboxylic acids is 1. The normalized spacial score (nSPS) is 16.7. The first-order valence-corrected chi connectivity index (χ1v) is 9.02. The zero-order valence-electron chi connectivity index (χ0n) is 14.9. The van der Waals surface area contributed by atoms with Crippen molar-refractivity contribution in [3.8, 4) is 11.5 Å². The van der Waals surface area contributed by atoms with Crippen molar-refractivity contribution in [2.45, 2.75) is 25.8 Å². The number of amides is 1. The van der Waals surface area contributed by atoms with Crippen LogP contribution in [0, 0.1) is 0 Å². The van der Waals surface area contributed by atoms with Crippen molar-refractivity contribution in [2.75, 3.05) is 33.5 Å². The van der Waals surface area contributed by atoms with E-state index in [1.54, 1.807) is 6.07 Å². The summed E-state index contributed by atoms with van der Waals surface area (Å²) in [5.41, 5.74) is 1.34. The van der Waals surface area contributed by atoms with Gasteiger partial charge in [-0.05, 0) is 32.0 Å². The number of likely N-dealkylation sites (tertiary alicyclic amines) is 1. The Morgan fingerprint density at radius 2 is 1.96 bits per heavy atom. The zero-order chi connectivity index (χ0) is 18.1. The van der Waals surface area contributed by atoms with Crippen LogP contribution in [0.4, 0.5) is 0 Å². The molecule has 7 heteroatoms. The fourth-order valence-electron chi connectivity index (χ4n) is 3.52. The van der Waals surface area contributed by atoms with E-state index in [4.69, 9.17) is 9.47 Å². The Hall–Kier alpha value is -2.54. The third kappa shape index (κ3) is 3.39. The highest BCUT2D eigenvalue weighted by Gasteiger charge is 2.19. The van der Waals surface area contributed by atoms with Crippen LogP contribution in [0.2, 0.25) is 0 Å². The maximum Gasteiger partial charge on any atom is 0.252 e. The van der Waals surface area contributed by atoms with Gasteiger partial charge >= 0.3 is 0 Å². The molecule has 26 heavy (non-hydrogen) atoms. The summed E-state index contributed by atoms with van der Waals surface area (Å²) in [4.78, 5) is 31.2. The van der Waals surface area contributed by atoms with Gasteiger partial charge in [0.2, 0.25) is 12.7 Å². The lowest BCUT2D eigenvalue weighted by Crippen LogP contribution is -2.40. The van der Waals surface area contributed by atoms with Crippen LogP contribution in [-0.2, 0) is 11.3 Å². The van der Waals surface area contributed by atoms with Crippen molar-refractivity contribution in [3.05, 3.63) is 34.1 Å². The number of hydrogen-bond acceptors (Lipinski definition) is 5. The number of hydrogen-bond donors (Lipinski definition) is 1. The van der Waals surface area contributed by atoms with Crippen molar-refractivity contribution in [3.63, 3.8) is 0 Å². The molecule has 1 N–H and O–H groups in total. The van der Waals surface area contributed by atoms with E-state index in [2.05, 4.69) is 9.88 Å². The number of aromatic nitrogens is 1. The van der Waals surface area contributed by atoms with E-state index in [0.29, 0.717) is 36.6 Å². The molecule has 0 bridgehead atoms. The van der Waals surface area contributed by atoms with Crippen LogP contribution in [-0.4, -0.2) is 54.2 Å². The third-order valence-electron chi connectivity index (χ3n) is 5.03. The fraction of sp³-hybridized carbons (Fsp3) is 0.474. The van der Waals surface area contributed by atoms with Gasteiger partial charge in [-0.25, -0.2) is 0 Å². The van der Waals surface area contributed by atoms with Crippen molar-refractivity contribution < 1.29 is 14.3 Å². The van der Waals surface area contributed by atoms with Gasteiger partial charge in [0, 0.05) is 49.6 Å². The monoisotopic (exact) mass is 357 g/mol. The second-order valence-electron chi connectivity index (χ2n) is 6.99. The van der Waals surface area contributed by atoms with Crippen LogP contribution in [0.15, 0.2) is 23.0 Å². The first-order chi connectivity index (χ1) is 12.6. The van der Waals surface area contributed by atoms with Gasteiger partial charge in [0.25, 0.3) is 5.56 Å². The van der Waals surface area contributed by atoms with Crippen LogP contribution in [0.5, 0.6) is 11.5 Å². The molecule has 1 aromatic heterocycles. The number of fused-ring (bicyclic) bond motifs is 2. The number of nitrogens with one attached hydrogen (secondary N) is 1. The minimum absolute atomic E-state index is 0.0998. The van der Waals surface area contributed by atoms with Crippen LogP contribution in [0.3, 0.4) is 0 Å². The predicted octanol–water partition coefficient (Wildman–Crippen LogP) is 1.70. The quantitative estimate of drug-likeness (QED) is 0.882. The molecule has 0 radical (unpaired) electrons. The second kappa shape index (κ2) is 6.99. The molecule has 1 aromatic carbocycles. The number of nitrogens with zero attached hydrogens (tertiary/aromatic N) is 2. The van der Waals surface area contributed by atoms with E-state index in [0.717, 1.165) is 36.8 Å². The van der Waals surface area contributed by atoms with Crippen molar-refractivity contribution in [1.82, 2.24) is 14.8 Å². The maximum absolute atomic E-state index is 12.4. The summed E-state index contributed by atoms with van der Waals surface area (Å²) < 4.78 is 10.8. The fourth-order valence-corrected chi connectivity index (χ4v) is 3.52. The summed E-state index contributed by atoms with van der Waals surface area (Å²) in [6.45, 7) is 3.03. The number of aromatic amines is 1. The first-order valence-electron chi connectivity index (χ1n) is 9.02. The molecular weight excluding hydrogens is 334 g/mol. The Kier molecular flexibility index (Phi) is 4.55. The van der Waals surface area contributed by atoms with E-state index < -0.39 is 0 Å². The van der Waals surface area contributed by atoms with Gasteiger partial charge in [-0.2, -0.15) is 0 Å². The molecule has 1 fully saturated rings. The molecule has 0 saturated carbocycles. The number of carbonyl (C=O) groups is 1. The minimum atomic E-state index is -0.0998. The van der Waals surface area contributed by atoms with Gasteiger partial charge < -0.3 is 24.3 Å². The van der Waals surface area contributed by atoms with Crippen molar-refractivity contribution >= 4 is 16.8 Å². The summed E-state index contributed by atoms with van der Waals surface area (Å²) in [5.74, 6) is 1.60. The molecule has 2 aromatic rings. The first kappa shape index (κ1) is 16.9. The van der Waals surface area contributed by atoms with Gasteiger partial charge in [0.05, 0.1) is 5.52 Å². The summed E-state index contributed by atoms with van der Waals surface area (Å²) in [5, 5.41) is 0.920. The Morgan fingerprint density at radius 3 is 2.77 bits per heavy atom. The average molecular weight is 357 g/mol. The largest absolute Gasteiger partial charge is 0.454 e. The van der Waals surface area contributed by atoms with Gasteiger partial charge in [0.15, 0.2) is 11.5 Å². The summed E-state index contributed by atoms with van der Waals surface area (Å²) in [7, 11) is 1.97. The van der Waals surface area contributed by atoms with Gasteiger partial charge in [-0.15, -0.1) is 0 Å². The van der Waals surface area contributed by atoms with Gasteiger partial charge in [-0.1, -0.05) is 0 Å². The predicted molar refractivity (Wildman–Crippen MR) is 97.5 cm³/mol. The summed E-state index contributed by atoms with van der Waals surface area (Å²) in [6, 6.07) is 5.59. The SMILES string of the molecule is CN(CCN1CCCCC1=O)Cc1cc2cc3c(cc2[nH]c1=O)OCO3. The Bertz CT molecular complexity index is 892. The standard InChI is InChI=1S/C19H23N3O4/c1-21(6-7-22-5-3-2-4-18(22)23)11-14-8-13-9-16-17(26-12-25-16)10-15(13)20-19(14)24/h8-10H,2-7,11-12H2,1H3,(H,20,24). The Morgan fingerprint density at radius 1 is 1.15 bits per heavy atom. The number of H-pyrrole nitrogens is 1. The molecule has 2 aliphatic heterocycles. The second-order valence-corrected chi connectivity index (χ2v) is 6.99. The van der Waals surface area contributed by atoms with Crippen LogP contribution < -0.4 is 15.0 Å². The lowest BCUT2D eigenvalue weighted by molar-refractivity contribution is -0.133. The molecular formula is C19H23N3O4. The lowest BCUT2D eigenvalue weighted by atomic mass is 10.1. The molecule has 0 aliphatic carbocycles. The number of benzene rings is 1. The highest BCUT2D eigenvalue weighted by molar-refractivity contribution is 5.83.